The van der Waals surface area contributed by atoms with Crippen LogP contribution in [-0.4, -0.2) is 11.1 Å². The average molecular weight is 254 g/mol. The number of nitrogens with zero attached hydrogens (tertiary/aromatic N) is 2. The zero-order valence-electron chi connectivity index (χ0n) is 10.6. The van der Waals surface area contributed by atoms with E-state index in [0.29, 0.717) is 0 Å². The van der Waals surface area contributed by atoms with Crippen molar-refractivity contribution in [1.29, 1.82) is 0 Å². The van der Waals surface area contributed by atoms with E-state index in [0.717, 1.165) is 11.1 Å². The lowest BCUT2D eigenvalue weighted by molar-refractivity contribution is -0.384. The normalized spacial score (nSPS) is 12.5. The third kappa shape index (κ3) is 3.48. The lowest BCUT2D eigenvalue weighted by Gasteiger charge is -2.05. The summed E-state index contributed by atoms with van der Waals surface area (Å²) in [6.45, 7) is 1.96. The number of nitro groups is 1. The van der Waals surface area contributed by atoms with Gasteiger partial charge >= 0.3 is 0 Å². The van der Waals surface area contributed by atoms with Crippen LogP contribution in [0.1, 0.15) is 24.1 Å². The van der Waals surface area contributed by atoms with E-state index in [2.05, 4.69) is 4.99 Å². The fourth-order valence-corrected chi connectivity index (χ4v) is 1.70. The van der Waals surface area contributed by atoms with Gasteiger partial charge in [-0.3, -0.25) is 15.1 Å². The molecule has 0 unspecified atom stereocenters. The van der Waals surface area contributed by atoms with Gasteiger partial charge in [0.05, 0.1) is 11.0 Å². The van der Waals surface area contributed by atoms with Crippen LogP contribution in [0.5, 0.6) is 0 Å². The van der Waals surface area contributed by atoms with Crippen LogP contribution in [0.2, 0.25) is 0 Å². The number of rotatable bonds is 4. The van der Waals surface area contributed by atoms with Crippen LogP contribution in [0.15, 0.2) is 59.6 Å². The summed E-state index contributed by atoms with van der Waals surface area (Å²) in [4.78, 5) is 14.6. The minimum atomic E-state index is -0.401. The van der Waals surface area contributed by atoms with Gasteiger partial charge in [-0.2, -0.15) is 0 Å². The summed E-state index contributed by atoms with van der Waals surface area (Å²) in [5.74, 6) is 0. The molecule has 0 aliphatic heterocycles. The standard InChI is InChI=1S/C15H14N2O2/c1-12(16-11-13-5-3-2-4-6-13)14-7-9-15(10-8-14)17(18)19/h2-12H,1H3/t12-/m0/s1. The highest BCUT2D eigenvalue weighted by molar-refractivity contribution is 5.79. The van der Waals surface area contributed by atoms with Gasteiger partial charge in [0.25, 0.3) is 5.69 Å². The summed E-state index contributed by atoms with van der Waals surface area (Å²) in [6, 6.07) is 16.3. The van der Waals surface area contributed by atoms with Gasteiger partial charge in [-0.05, 0) is 18.1 Å². The second-order valence-corrected chi connectivity index (χ2v) is 4.21. The molecule has 0 aliphatic rings. The number of non-ortho nitro benzene ring substituents is 1. The molecule has 2 rings (SSSR count). The van der Waals surface area contributed by atoms with E-state index in [9.17, 15) is 10.1 Å². The van der Waals surface area contributed by atoms with E-state index in [1.165, 1.54) is 12.1 Å². The summed E-state index contributed by atoms with van der Waals surface area (Å²) >= 11 is 0. The van der Waals surface area contributed by atoms with E-state index in [1.54, 1.807) is 12.1 Å². The molecule has 0 aromatic heterocycles. The first kappa shape index (κ1) is 13.0. The van der Waals surface area contributed by atoms with Crippen LogP contribution in [-0.2, 0) is 0 Å². The highest BCUT2D eigenvalue weighted by atomic mass is 16.6. The first-order chi connectivity index (χ1) is 9.16. The average Bonchev–Trinajstić information content (AvgIpc) is 2.46. The molecule has 0 amide bonds. The van der Waals surface area contributed by atoms with E-state index in [-0.39, 0.29) is 11.7 Å². The molecular weight excluding hydrogens is 240 g/mol. The molecule has 2 aromatic carbocycles. The largest absolute Gasteiger partial charge is 0.285 e. The number of hydrogen-bond donors (Lipinski definition) is 0. The molecule has 0 saturated heterocycles. The van der Waals surface area contributed by atoms with Crippen LogP contribution < -0.4 is 0 Å². The lowest BCUT2D eigenvalue weighted by Crippen LogP contribution is -1.93. The van der Waals surface area contributed by atoms with Crippen LogP contribution in [0.3, 0.4) is 0 Å². The number of benzene rings is 2. The van der Waals surface area contributed by atoms with Crippen molar-refractivity contribution >= 4 is 11.9 Å². The molecule has 96 valence electrons. The Morgan fingerprint density at radius 1 is 1.11 bits per heavy atom. The third-order valence-corrected chi connectivity index (χ3v) is 2.83. The zero-order chi connectivity index (χ0) is 13.7. The number of hydrogen-bond acceptors (Lipinski definition) is 3. The second kappa shape index (κ2) is 5.91. The summed E-state index contributed by atoms with van der Waals surface area (Å²) in [5, 5.41) is 10.6. The summed E-state index contributed by atoms with van der Waals surface area (Å²) in [6.07, 6.45) is 1.81. The second-order valence-electron chi connectivity index (χ2n) is 4.21. The Balaban J connectivity index is 2.09. The van der Waals surface area contributed by atoms with Crippen molar-refractivity contribution < 1.29 is 4.92 Å². The first-order valence-corrected chi connectivity index (χ1v) is 5.99. The molecule has 0 radical (unpaired) electrons. The van der Waals surface area contributed by atoms with Crippen molar-refractivity contribution in [3.05, 3.63) is 75.8 Å². The SMILES string of the molecule is C[C@H](N=Cc1ccccc1)c1ccc([N+](=O)[O-])cc1. The predicted octanol–water partition coefficient (Wildman–Crippen LogP) is 3.77. The molecule has 19 heavy (non-hydrogen) atoms. The third-order valence-electron chi connectivity index (χ3n) is 2.83. The topological polar surface area (TPSA) is 55.5 Å². The fourth-order valence-electron chi connectivity index (χ4n) is 1.70. The molecule has 1 atom stereocenters. The molecule has 4 heteroatoms. The number of aliphatic imine (C=N–C) groups is 1. The summed E-state index contributed by atoms with van der Waals surface area (Å²) in [7, 11) is 0. The van der Waals surface area contributed by atoms with Gasteiger partial charge in [0.2, 0.25) is 0 Å². The molecule has 0 spiro atoms. The maximum atomic E-state index is 10.6. The molecule has 0 saturated carbocycles. The monoisotopic (exact) mass is 254 g/mol. The van der Waals surface area contributed by atoms with Gasteiger partial charge in [0.1, 0.15) is 0 Å². The van der Waals surface area contributed by atoms with Gasteiger partial charge in [-0.25, -0.2) is 0 Å². The van der Waals surface area contributed by atoms with Crippen molar-refractivity contribution in [3.63, 3.8) is 0 Å². The Kier molecular flexibility index (Phi) is 4.03. The Bertz CT molecular complexity index is 577. The van der Waals surface area contributed by atoms with Gasteiger partial charge in [0.15, 0.2) is 0 Å². The van der Waals surface area contributed by atoms with Crippen molar-refractivity contribution in [3.8, 4) is 0 Å². The van der Waals surface area contributed by atoms with Crippen molar-refractivity contribution in [2.75, 3.05) is 0 Å². The Morgan fingerprint density at radius 3 is 2.32 bits per heavy atom. The first-order valence-electron chi connectivity index (χ1n) is 5.99. The van der Waals surface area contributed by atoms with Crippen molar-refractivity contribution in [2.45, 2.75) is 13.0 Å². The Labute approximate surface area is 111 Å². The summed E-state index contributed by atoms with van der Waals surface area (Å²) in [5.41, 5.74) is 2.09. The van der Waals surface area contributed by atoms with Crippen LogP contribution >= 0.6 is 0 Å². The molecule has 0 N–H and O–H groups in total. The Hall–Kier alpha value is -2.49. The minimum Gasteiger partial charge on any atom is -0.285 e. The van der Waals surface area contributed by atoms with Crippen LogP contribution in [0.25, 0.3) is 0 Å². The minimum absolute atomic E-state index is 0.0268. The van der Waals surface area contributed by atoms with Crippen molar-refractivity contribution in [1.82, 2.24) is 0 Å². The highest BCUT2D eigenvalue weighted by Crippen LogP contribution is 2.20. The fraction of sp³-hybridized carbons (Fsp3) is 0.133. The van der Waals surface area contributed by atoms with E-state index < -0.39 is 4.92 Å². The summed E-state index contributed by atoms with van der Waals surface area (Å²) < 4.78 is 0. The van der Waals surface area contributed by atoms with Crippen LogP contribution in [0, 0.1) is 10.1 Å². The van der Waals surface area contributed by atoms with Crippen LogP contribution in [0.4, 0.5) is 5.69 Å². The molecule has 0 heterocycles. The molecule has 0 aliphatic carbocycles. The maximum Gasteiger partial charge on any atom is 0.269 e. The van der Waals surface area contributed by atoms with Crippen molar-refractivity contribution in [2.24, 2.45) is 4.99 Å². The molecule has 0 fully saturated rings. The smallest absolute Gasteiger partial charge is 0.269 e. The van der Waals surface area contributed by atoms with Gasteiger partial charge in [-0.1, -0.05) is 42.5 Å². The van der Waals surface area contributed by atoms with E-state index >= 15 is 0 Å². The Morgan fingerprint density at radius 2 is 1.74 bits per heavy atom. The van der Waals surface area contributed by atoms with E-state index in [4.69, 9.17) is 0 Å². The highest BCUT2D eigenvalue weighted by Gasteiger charge is 2.07. The molecule has 0 bridgehead atoms. The quantitative estimate of drug-likeness (QED) is 0.473. The van der Waals surface area contributed by atoms with E-state index in [1.807, 2.05) is 43.5 Å². The molecule has 4 nitrogen and oxygen atoms in total. The lowest BCUT2D eigenvalue weighted by atomic mass is 10.1. The van der Waals surface area contributed by atoms with Gasteiger partial charge in [0, 0.05) is 18.3 Å². The zero-order valence-corrected chi connectivity index (χ0v) is 10.6. The van der Waals surface area contributed by atoms with Gasteiger partial charge in [-0.15, -0.1) is 0 Å². The molecule has 2 aromatic rings. The molecular formula is C15H14N2O2. The van der Waals surface area contributed by atoms with Gasteiger partial charge < -0.3 is 0 Å². The maximum absolute atomic E-state index is 10.6. The number of nitro benzene ring substituents is 1. The predicted molar refractivity (Wildman–Crippen MR) is 75.5 cm³/mol.